The molecule has 0 aliphatic carbocycles. The van der Waals surface area contributed by atoms with Gasteiger partial charge in [0.1, 0.15) is 5.60 Å². The summed E-state index contributed by atoms with van der Waals surface area (Å²) in [4.78, 5) is 37.1. The van der Waals surface area contributed by atoms with Gasteiger partial charge in [0.05, 0.1) is 0 Å². The molecule has 2 N–H and O–H groups in total. The van der Waals surface area contributed by atoms with E-state index in [4.69, 9.17) is 15.2 Å². The van der Waals surface area contributed by atoms with Gasteiger partial charge in [-0.25, -0.2) is 4.79 Å². The van der Waals surface area contributed by atoms with Crippen molar-refractivity contribution in [2.75, 3.05) is 39.0 Å². The van der Waals surface area contributed by atoms with Gasteiger partial charge in [0.15, 0.2) is 11.6 Å². The van der Waals surface area contributed by atoms with Crippen LogP contribution in [0.4, 0.5) is 10.5 Å². The van der Waals surface area contributed by atoms with Crippen LogP contribution in [0.3, 0.4) is 0 Å². The lowest BCUT2D eigenvalue weighted by Gasteiger charge is -2.35. The number of anilines is 1. The first-order valence-corrected chi connectivity index (χ1v) is 10.2. The maximum absolute atomic E-state index is 13.1. The molecule has 2 aliphatic heterocycles. The van der Waals surface area contributed by atoms with Crippen molar-refractivity contribution >= 4 is 29.4 Å². The molecule has 0 saturated carbocycles. The number of amides is 2. The average Bonchev–Trinajstić information content (AvgIpc) is 3.15. The predicted molar refractivity (Wildman–Crippen MR) is 119 cm³/mol. The molecule has 0 aromatic heterocycles. The van der Waals surface area contributed by atoms with Crippen molar-refractivity contribution in [3.05, 3.63) is 41.2 Å². The van der Waals surface area contributed by atoms with Crippen molar-refractivity contribution in [2.24, 2.45) is 9.98 Å². The second-order valence-electron chi connectivity index (χ2n) is 8.32. The van der Waals surface area contributed by atoms with Crippen LogP contribution in [0.15, 0.2) is 40.0 Å². The molecule has 3 rings (SSSR count). The fourth-order valence-electron chi connectivity index (χ4n) is 3.30. The summed E-state index contributed by atoms with van der Waals surface area (Å²) < 4.78 is 11.2. The zero-order valence-electron chi connectivity index (χ0n) is 18.6. The number of nitrogen functional groups attached to an aromatic ring is 1. The molecule has 2 amide bonds. The molecule has 0 unspecified atom stereocenters. The highest BCUT2D eigenvalue weighted by molar-refractivity contribution is 6.15. The highest BCUT2D eigenvalue weighted by Crippen LogP contribution is 2.22. The standard InChI is InChI=1S/C22H29N5O4/c1-6-17-18(24-5)25-19(30-17)14-11-15(13-16(23)12-14)20(28)26-7-9-27(10-8-26)21(29)31-22(2,3)4/h6,11-13H,7-10,23H2,1-5H3/b17-6+,24-18?. The zero-order chi connectivity index (χ0) is 22.8. The number of ether oxygens (including phenoxy) is 2. The van der Waals surface area contributed by atoms with Crippen LogP contribution < -0.4 is 5.73 Å². The molecule has 0 bridgehead atoms. The Kier molecular flexibility index (Phi) is 6.33. The van der Waals surface area contributed by atoms with E-state index in [0.29, 0.717) is 60.5 Å². The summed E-state index contributed by atoms with van der Waals surface area (Å²) in [5, 5.41) is 0. The van der Waals surface area contributed by atoms with Crippen LogP contribution >= 0.6 is 0 Å². The molecule has 1 aromatic carbocycles. The van der Waals surface area contributed by atoms with Gasteiger partial charge in [-0.05, 0) is 52.0 Å². The Morgan fingerprint density at radius 2 is 1.81 bits per heavy atom. The van der Waals surface area contributed by atoms with Gasteiger partial charge in [-0.2, -0.15) is 4.99 Å². The molecule has 166 valence electrons. The molecule has 0 spiro atoms. The summed E-state index contributed by atoms with van der Waals surface area (Å²) in [5.41, 5.74) is 6.98. The van der Waals surface area contributed by atoms with Gasteiger partial charge in [-0.3, -0.25) is 9.79 Å². The quantitative estimate of drug-likeness (QED) is 0.730. The maximum atomic E-state index is 13.1. The van der Waals surface area contributed by atoms with Crippen molar-refractivity contribution in [3.63, 3.8) is 0 Å². The molecule has 2 aliphatic rings. The van der Waals surface area contributed by atoms with Gasteiger partial charge in [0, 0.05) is 50.0 Å². The minimum atomic E-state index is -0.553. The van der Waals surface area contributed by atoms with Crippen molar-refractivity contribution in [1.29, 1.82) is 0 Å². The third-order valence-corrected chi connectivity index (χ3v) is 4.78. The second kappa shape index (κ2) is 8.79. The number of carbonyl (C=O) groups is 2. The first kappa shape index (κ1) is 22.3. The van der Waals surface area contributed by atoms with Crippen molar-refractivity contribution in [3.8, 4) is 0 Å². The van der Waals surface area contributed by atoms with Gasteiger partial charge < -0.3 is 25.0 Å². The van der Waals surface area contributed by atoms with E-state index in [2.05, 4.69) is 9.98 Å². The number of amidine groups is 1. The summed E-state index contributed by atoms with van der Waals surface area (Å²) in [6, 6.07) is 5.05. The number of piperazine rings is 1. The summed E-state index contributed by atoms with van der Waals surface area (Å²) >= 11 is 0. The first-order chi connectivity index (χ1) is 14.6. The van der Waals surface area contributed by atoms with E-state index in [0.717, 1.165) is 0 Å². The number of carbonyl (C=O) groups excluding carboxylic acids is 2. The maximum Gasteiger partial charge on any atom is 0.410 e. The molecule has 1 fully saturated rings. The van der Waals surface area contributed by atoms with E-state index < -0.39 is 5.60 Å². The van der Waals surface area contributed by atoms with E-state index in [1.54, 1.807) is 41.1 Å². The molecular weight excluding hydrogens is 398 g/mol. The number of nitrogens with zero attached hydrogens (tertiary/aromatic N) is 4. The number of nitrogens with two attached hydrogens (primary N) is 1. The number of allylic oxidation sites excluding steroid dienone is 1. The Bertz CT molecular complexity index is 967. The lowest BCUT2D eigenvalue weighted by Crippen LogP contribution is -2.51. The van der Waals surface area contributed by atoms with E-state index in [1.807, 2.05) is 27.7 Å². The Balaban J connectivity index is 1.72. The summed E-state index contributed by atoms with van der Waals surface area (Å²) in [6.07, 6.45) is 1.41. The number of hydrogen-bond acceptors (Lipinski definition) is 6. The van der Waals surface area contributed by atoms with Crippen molar-refractivity contribution in [2.45, 2.75) is 33.3 Å². The first-order valence-electron chi connectivity index (χ1n) is 10.2. The average molecular weight is 428 g/mol. The molecule has 0 atom stereocenters. The van der Waals surface area contributed by atoms with Crippen LogP contribution in [-0.4, -0.2) is 72.4 Å². The van der Waals surface area contributed by atoms with Gasteiger partial charge >= 0.3 is 6.09 Å². The normalized spacial score (nSPS) is 19.5. The smallest absolute Gasteiger partial charge is 0.410 e. The minimum Gasteiger partial charge on any atom is -0.444 e. The van der Waals surface area contributed by atoms with Crippen LogP contribution in [0.1, 0.15) is 43.6 Å². The number of rotatable bonds is 2. The monoisotopic (exact) mass is 427 g/mol. The fourth-order valence-corrected chi connectivity index (χ4v) is 3.30. The third kappa shape index (κ3) is 5.22. The number of hydrogen-bond donors (Lipinski definition) is 1. The highest BCUT2D eigenvalue weighted by atomic mass is 16.6. The van der Waals surface area contributed by atoms with Crippen LogP contribution in [0.2, 0.25) is 0 Å². The molecule has 0 radical (unpaired) electrons. The summed E-state index contributed by atoms with van der Waals surface area (Å²) in [6.45, 7) is 8.96. The lowest BCUT2D eigenvalue weighted by molar-refractivity contribution is 0.0141. The van der Waals surface area contributed by atoms with E-state index in [-0.39, 0.29) is 12.0 Å². The fraction of sp³-hybridized carbons (Fsp3) is 0.455. The Morgan fingerprint density at radius 1 is 1.16 bits per heavy atom. The SMILES string of the molecule is C/C=C1/OC(c2cc(N)cc(C(=O)N3CCN(C(=O)OC(C)(C)C)CC3)c2)=NC1=NC. The molecule has 9 nitrogen and oxygen atoms in total. The van der Waals surface area contributed by atoms with Crippen LogP contribution in [0.5, 0.6) is 0 Å². The van der Waals surface area contributed by atoms with Crippen LogP contribution in [-0.2, 0) is 9.47 Å². The Labute approximate surface area is 182 Å². The molecular formula is C22H29N5O4. The molecule has 1 aromatic rings. The second-order valence-corrected chi connectivity index (χ2v) is 8.32. The van der Waals surface area contributed by atoms with Crippen molar-refractivity contribution in [1.82, 2.24) is 9.80 Å². The van der Waals surface area contributed by atoms with E-state index in [1.165, 1.54) is 0 Å². The Morgan fingerprint density at radius 3 is 2.35 bits per heavy atom. The van der Waals surface area contributed by atoms with E-state index >= 15 is 0 Å². The number of aliphatic imine (C=N–C) groups is 2. The summed E-state index contributed by atoms with van der Waals surface area (Å²) in [7, 11) is 1.64. The van der Waals surface area contributed by atoms with Crippen molar-refractivity contribution < 1.29 is 19.1 Å². The third-order valence-electron chi connectivity index (χ3n) is 4.78. The van der Waals surface area contributed by atoms with Gasteiger partial charge in [-0.1, -0.05) is 0 Å². The van der Waals surface area contributed by atoms with E-state index in [9.17, 15) is 9.59 Å². The van der Waals surface area contributed by atoms with Gasteiger partial charge in [0.25, 0.3) is 5.91 Å². The molecule has 1 saturated heterocycles. The lowest BCUT2D eigenvalue weighted by atomic mass is 10.1. The van der Waals surface area contributed by atoms with Gasteiger partial charge in [0.2, 0.25) is 5.90 Å². The van der Waals surface area contributed by atoms with Gasteiger partial charge in [-0.15, -0.1) is 0 Å². The predicted octanol–water partition coefficient (Wildman–Crippen LogP) is 2.67. The van der Waals surface area contributed by atoms with Crippen LogP contribution in [0.25, 0.3) is 0 Å². The summed E-state index contributed by atoms with van der Waals surface area (Å²) in [5.74, 6) is 1.24. The Hall–Kier alpha value is -3.36. The highest BCUT2D eigenvalue weighted by Gasteiger charge is 2.29. The molecule has 2 heterocycles. The molecule has 31 heavy (non-hydrogen) atoms. The van der Waals surface area contributed by atoms with Crippen LogP contribution in [0, 0.1) is 0 Å². The number of benzene rings is 1. The molecule has 9 heteroatoms. The zero-order valence-corrected chi connectivity index (χ0v) is 18.6. The largest absolute Gasteiger partial charge is 0.444 e. The topological polar surface area (TPSA) is 110 Å². The minimum absolute atomic E-state index is 0.161.